The summed E-state index contributed by atoms with van der Waals surface area (Å²) in [4.78, 5) is 0. The first-order valence-corrected chi connectivity index (χ1v) is 4.10. The van der Waals surface area contributed by atoms with Crippen molar-refractivity contribution in [3.63, 3.8) is 0 Å². The van der Waals surface area contributed by atoms with Gasteiger partial charge in [-0.1, -0.05) is 0 Å². The lowest BCUT2D eigenvalue weighted by atomic mass is 10.2. The molecule has 60 valence electrons. The molecule has 0 saturated carbocycles. The van der Waals surface area contributed by atoms with Crippen molar-refractivity contribution in [3.8, 4) is 17.6 Å². The Morgan fingerprint density at radius 2 is 2.25 bits per heavy atom. The SMILES string of the molecule is N#Cc1ccc2c(c1Br)OCO2. The molecule has 0 fully saturated rings. The largest absolute Gasteiger partial charge is 0.454 e. The molecule has 0 atom stereocenters. The summed E-state index contributed by atoms with van der Waals surface area (Å²) in [6.45, 7) is 0.225. The summed E-state index contributed by atoms with van der Waals surface area (Å²) in [5, 5.41) is 8.67. The Balaban J connectivity index is 2.63. The quantitative estimate of drug-likeness (QED) is 0.679. The zero-order valence-electron chi connectivity index (χ0n) is 6.00. The van der Waals surface area contributed by atoms with Crippen LogP contribution in [-0.4, -0.2) is 6.79 Å². The van der Waals surface area contributed by atoms with E-state index in [9.17, 15) is 0 Å². The van der Waals surface area contributed by atoms with Gasteiger partial charge in [-0.3, -0.25) is 0 Å². The summed E-state index contributed by atoms with van der Waals surface area (Å²) in [6, 6.07) is 5.46. The summed E-state index contributed by atoms with van der Waals surface area (Å²) in [5.41, 5.74) is 0.555. The number of rotatable bonds is 0. The molecule has 3 nitrogen and oxygen atoms in total. The summed E-state index contributed by atoms with van der Waals surface area (Å²) in [6.07, 6.45) is 0. The minimum Gasteiger partial charge on any atom is -0.454 e. The van der Waals surface area contributed by atoms with Crippen molar-refractivity contribution >= 4 is 15.9 Å². The molecule has 0 amide bonds. The third kappa shape index (κ3) is 0.942. The summed E-state index contributed by atoms with van der Waals surface area (Å²) >= 11 is 3.26. The van der Waals surface area contributed by atoms with Crippen molar-refractivity contribution in [3.05, 3.63) is 22.2 Å². The van der Waals surface area contributed by atoms with Gasteiger partial charge in [-0.05, 0) is 28.1 Å². The van der Waals surface area contributed by atoms with Crippen LogP contribution in [-0.2, 0) is 0 Å². The van der Waals surface area contributed by atoms with E-state index in [1.165, 1.54) is 0 Å². The molecular formula is C8H4BrNO2. The van der Waals surface area contributed by atoms with Gasteiger partial charge in [-0.25, -0.2) is 0 Å². The number of hydrogen-bond donors (Lipinski definition) is 0. The molecule has 0 spiro atoms. The predicted molar refractivity (Wildman–Crippen MR) is 45.0 cm³/mol. The number of ether oxygens (including phenoxy) is 2. The molecule has 4 heteroatoms. The van der Waals surface area contributed by atoms with E-state index in [1.54, 1.807) is 12.1 Å². The summed E-state index contributed by atoms with van der Waals surface area (Å²) < 4.78 is 10.9. The van der Waals surface area contributed by atoms with Crippen LogP contribution in [0.25, 0.3) is 0 Å². The molecule has 0 aliphatic carbocycles. The van der Waals surface area contributed by atoms with Crippen LogP contribution in [0.15, 0.2) is 16.6 Å². The van der Waals surface area contributed by atoms with Gasteiger partial charge in [-0.2, -0.15) is 5.26 Å². The van der Waals surface area contributed by atoms with Crippen LogP contribution in [0.1, 0.15) is 5.56 Å². The molecule has 1 aliphatic heterocycles. The van der Waals surface area contributed by atoms with Crippen LogP contribution in [0.3, 0.4) is 0 Å². The lowest BCUT2D eigenvalue weighted by Crippen LogP contribution is -1.93. The average Bonchev–Trinajstić information content (AvgIpc) is 2.53. The maximum atomic E-state index is 8.67. The van der Waals surface area contributed by atoms with Gasteiger partial charge in [0.25, 0.3) is 0 Å². The van der Waals surface area contributed by atoms with Crippen molar-refractivity contribution in [2.45, 2.75) is 0 Å². The maximum Gasteiger partial charge on any atom is 0.231 e. The van der Waals surface area contributed by atoms with Gasteiger partial charge < -0.3 is 9.47 Å². The number of benzene rings is 1. The van der Waals surface area contributed by atoms with Crippen molar-refractivity contribution < 1.29 is 9.47 Å². The predicted octanol–water partition coefficient (Wildman–Crippen LogP) is 2.05. The van der Waals surface area contributed by atoms with Gasteiger partial charge in [-0.15, -0.1) is 0 Å². The molecule has 1 heterocycles. The van der Waals surface area contributed by atoms with Crippen LogP contribution in [0, 0.1) is 11.3 Å². The van der Waals surface area contributed by atoms with Crippen LogP contribution in [0.2, 0.25) is 0 Å². The molecule has 1 aliphatic rings. The highest BCUT2D eigenvalue weighted by Gasteiger charge is 2.18. The Kier molecular flexibility index (Phi) is 1.66. The topological polar surface area (TPSA) is 42.2 Å². The smallest absolute Gasteiger partial charge is 0.231 e. The molecule has 0 radical (unpaired) electrons. The lowest BCUT2D eigenvalue weighted by Gasteiger charge is -1.99. The molecule has 2 rings (SSSR count). The Bertz CT molecular complexity index is 370. The van der Waals surface area contributed by atoms with Crippen molar-refractivity contribution in [1.82, 2.24) is 0 Å². The van der Waals surface area contributed by atoms with Gasteiger partial charge in [0.05, 0.1) is 10.0 Å². The van der Waals surface area contributed by atoms with Crippen LogP contribution in [0.5, 0.6) is 11.5 Å². The molecule has 12 heavy (non-hydrogen) atoms. The minimum atomic E-state index is 0.225. The van der Waals surface area contributed by atoms with E-state index in [1.807, 2.05) is 6.07 Å². The zero-order valence-corrected chi connectivity index (χ0v) is 7.59. The molecule has 1 aromatic rings. The average molecular weight is 226 g/mol. The number of fused-ring (bicyclic) bond motifs is 1. The third-order valence-electron chi connectivity index (χ3n) is 1.60. The number of hydrogen-bond acceptors (Lipinski definition) is 3. The highest BCUT2D eigenvalue weighted by atomic mass is 79.9. The van der Waals surface area contributed by atoms with Crippen LogP contribution in [0.4, 0.5) is 0 Å². The van der Waals surface area contributed by atoms with E-state index in [4.69, 9.17) is 14.7 Å². The molecule has 0 bridgehead atoms. The van der Waals surface area contributed by atoms with E-state index in [-0.39, 0.29) is 6.79 Å². The third-order valence-corrected chi connectivity index (χ3v) is 2.39. The maximum absolute atomic E-state index is 8.67. The highest BCUT2D eigenvalue weighted by Crippen LogP contribution is 2.40. The number of nitrogens with zero attached hydrogens (tertiary/aromatic N) is 1. The second-order valence-corrected chi connectivity index (χ2v) is 3.07. The lowest BCUT2D eigenvalue weighted by molar-refractivity contribution is 0.173. The highest BCUT2D eigenvalue weighted by molar-refractivity contribution is 9.10. The normalized spacial score (nSPS) is 12.7. The van der Waals surface area contributed by atoms with Crippen molar-refractivity contribution in [2.75, 3.05) is 6.79 Å². The van der Waals surface area contributed by atoms with Gasteiger partial charge >= 0.3 is 0 Å². The van der Waals surface area contributed by atoms with E-state index >= 15 is 0 Å². The fraction of sp³-hybridized carbons (Fsp3) is 0.125. The molecule has 1 aromatic carbocycles. The summed E-state index contributed by atoms with van der Waals surface area (Å²) in [5.74, 6) is 1.30. The first-order valence-electron chi connectivity index (χ1n) is 3.31. The summed E-state index contributed by atoms with van der Waals surface area (Å²) in [7, 11) is 0. The first-order chi connectivity index (χ1) is 5.83. The molecule has 0 N–H and O–H groups in total. The van der Waals surface area contributed by atoms with Gasteiger partial charge in [0.2, 0.25) is 6.79 Å². The molecule has 0 unspecified atom stereocenters. The fourth-order valence-corrected chi connectivity index (χ4v) is 1.56. The molecular weight excluding hydrogens is 222 g/mol. The van der Waals surface area contributed by atoms with E-state index in [0.29, 0.717) is 21.5 Å². The Morgan fingerprint density at radius 3 is 3.00 bits per heavy atom. The Labute approximate surface area is 77.6 Å². The van der Waals surface area contributed by atoms with E-state index in [2.05, 4.69) is 15.9 Å². The second-order valence-electron chi connectivity index (χ2n) is 2.27. The van der Waals surface area contributed by atoms with Gasteiger partial charge in [0.15, 0.2) is 11.5 Å². The van der Waals surface area contributed by atoms with E-state index < -0.39 is 0 Å². The van der Waals surface area contributed by atoms with Gasteiger partial charge in [0.1, 0.15) is 6.07 Å². The Hall–Kier alpha value is -1.21. The van der Waals surface area contributed by atoms with E-state index in [0.717, 1.165) is 0 Å². The zero-order chi connectivity index (χ0) is 8.55. The minimum absolute atomic E-state index is 0.225. The second kappa shape index (κ2) is 2.68. The Morgan fingerprint density at radius 1 is 1.42 bits per heavy atom. The number of halogens is 1. The molecule has 0 saturated heterocycles. The van der Waals surface area contributed by atoms with Crippen LogP contribution >= 0.6 is 15.9 Å². The van der Waals surface area contributed by atoms with Gasteiger partial charge in [0, 0.05) is 0 Å². The standard InChI is InChI=1S/C8H4BrNO2/c9-7-5(3-10)1-2-6-8(7)12-4-11-6/h1-2H,4H2. The molecule has 0 aromatic heterocycles. The monoisotopic (exact) mass is 225 g/mol. The first kappa shape index (κ1) is 7.44. The van der Waals surface area contributed by atoms with Crippen molar-refractivity contribution in [2.24, 2.45) is 0 Å². The van der Waals surface area contributed by atoms with Crippen molar-refractivity contribution in [1.29, 1.82) is 5.26 Å². The number of nitriles is 1. The van der Waals surface area contributed by atoms with Crippen LogP contribution < -0.4 is 9.47 Å². The fourth-order valence-electron chi connectivity index (χ4n) is 1.02.